The standard InChI is InChI=1S/C26H30Cl2FN5O2/c1-4-34-13-17(7-16-5-6-22(29)20(27)9-16)10-26(34,25(30)36)15(2)24(35)32-12-18-8-19-21(28)14-33(3)23(19)31-11-18/h5-6,8-9,11,14-15,17H,4,7,10,12-13H2,1-3H3,(H2,30,36)(H,32,35)/t15-,17?,26?/m1/s1. The first-order chi connectivity index (χ1) is 17.1. The Hall–Kier alpha value is -2.68. The summed E-state index contributed by atoms with van der Waals surface area (Å²) >= 11 is 12.2. The summed E-state index contributed by atoms with van der Waals surface area (Å²) in [6.45, 7) is 5.10. The average molecular weight is 534 g/mol. The van der Waals surface area contributed by atoms with Gasteiger partial charge in [-0.25, -0.2) is 9.37 Å². The van der Waals surface area contributed by atoms with Crippen molar-refractivity contribution in [2.24, 2.45) is 24.6 Å². The Bertz CT molecular complexity index is 1310. The second-order valence-electron chi connectivity index (χ2n) is 9.59. The maximum atomic E-state index is 13.6. The number of likely N-dealkylation sites (tertiary alicyclic amines) is 1. The minimum atomic E-state index is -1.13. The van der Waals surface area contributed by atoms with Crippen LogP contribution in [0.2, 0.25) is 10.0 Å². The predicted molar refractivity (Wildman–Crippen MR) is 139 cm³/mol. The van der Waals surface area contributed by atoms with Crippen LogP contribution in [0.25, 0.3) is 11.0 Å². The van der Waals surface area contributed by atoms with E-state index in [0.717, 1.165) is 22.2 Å². The zero-order valence-electron chi connectivity index (χ0n) is 20.5. The zero-order chi connectivity index (χ0) is 26.2. The summed E-state index contributed by atoms with van der Waals surface area (Å²) in [6.07, 6.45) is 4.51. The van der Waals surface area contributed by atoms with Gasteiger partial charge in [0.15, 0.2) is 0 Å². The van der Waals surface area contributed by atoms with E-state index < -0.39 is 23.2 Å². The van der Waals surface area contributed by atoms with Crippen LogP contribution in [0.4, 0.5) is 4.39 Å². The number of nitrogens with zero attached hydrogens (tertiary/aromatic N) is 3. The Balaban J connectivity index is 1.50. The van der Waals surface area contributed by atoms with Crippen LogP contribution in [0.1, 0.15) is 31.4 Å². The van der Waals surface area contributed by atoms with Gasteiger partial charge in [-0.1, -0.05) is 43.1 Å². The highest BCUT2D eigenvalue weighted by Crippen LogP contribution is 2.40. The fourth-order valence-electron chi connectivity index (χ4n) is 5.49. The van der Waals surface area contributed by atoms with E-state index in [4.69, 9.17) is 28.9 Å². The first-order valence-electron chi connectivity index (χ1n) is 11.9. The molecule has 10 heteroatoms. The molecule has 1 aliphatic rings. The number of hydrogen-bond donors (Lipinski definition) is 2. The number of carbonyl (C=O) groups is 2. The van der Waals surface area contributed by atoms with Crippen LogP contribution in [0.15, 0.2) is 36.7 Å². The first kappa shape index (κ1) is 26.4. The molecular formula is C26H30Cl2FN5O2. The fraction of sp³-hybridized carbons (Fsp3) is 0.423. The smallest absolute Gasteiger partial charge is 0.238 e. The van der Waals surface area contributed by atoms with E-state index in [2.05, 4.69) is 10.3 Å². The summed E-state index contributed by atoms with van der Waals surface area (Å²) in [6, 6.07) is 6.55. The molecule has 3 atom stereocenters. The molecule has 36 heavy (non-hydrogen) atoms. The van der Waals surface area contributed by atoms with Gasteiger partial charge in [0.25, 0.3) is 0 Å². The molecule has 192 valence electrons. The van der Waals surface area contributed by atoms with Crippen molar-refractivity contribution in [1.82, 2.24) is 19.8 Å². The highest BCUT2D eigenvalue weighted by molar-refractivity contribution is 6.35. The van der Waals surface area contributed by atoms with Crippen molar-refractivity contribution in [2.45, 2.75) is 38.8 Å². The Kier molecular flexibility index (Phi) is 7.59. The lowest BCUT2D eigenvalue weighted by atomic mass is 9.78. The SMILES string of the molecule is CCN1CC(Cc2ccc(F)c(Cl)c2)CC1(C(N)=O)[C@H](C)C(=O)NCc1cnc2c(c1)c(Cl)cn2C. The Morgan fingerprint density at radius 3 is 2.69 bits per heavy atom. The van der Waals surface area contributed by atoms with Gasteiger partial charge in [0.2, 0.25) is 11.8 Å². The molecule has 0 spiro atoms. The number of carbonyl (C=O) groups excluding carboxylic acids is 2. The number of amides is 2. The third-order valence-electron chi connectivity index (χ3n) is 7.36. The van der Waals surface area contributed by atoms with Crippen molar-refractivity contribution in [3.8, 4) is 0 Å². The second-order valence-corrected chi connectivity index (χ2v) is 10.4. The van der Waals surface area contributed by atoms with Crippen molar-refractivity contribution >= 4 is 46.0 Å². The summed E-state index contributed by atoms with van der Waals surface area (Å²) in [4.78, 5) is 32.6. The largest absolute Gasteiger partial charge is 0.368 e. The number of halogens is 3. The fourth-order valence-corrected chi connectivity index (χ4v) is 5.98. The number of rotatable bonds is 8. The number of benzene rings is 1. The van der Waals surface area contributed by atoms with Gasteiger partial charge in [0, 0.05) is 37.9 Å². The van der Waals surface area contributed by atoms with E-state index in [0.29, 0.717) is 31.0 Å². The summed E-state index contributed by atoms with van der Waals surface area (Å²) in [5, 5.41) is 4.41. The van der Waals surface area contributed by atoms with Crippen LogP contribution in [0, 0.1) is 17.7 Å². The molecule has 3 heterocycles. The number of fused-ring (bicyclic) bond motifs is 1. The number of nitrogens with one attached hydrogen (secondary N) is 1. The molecule has 2 amide bonds. The number of primary amides is 1. The van der Waals surface area contributed by atoms with Crippen molar-refractivity contribution in [2.75, 3.05) is 13.1 Å². The van der Waals surface area contributed by atoms with Gasteiger partial charge in [-0.2, -0.15) is 0 Å². The second kappa shape index (κ2) is 10.4. The predicted octanol–water partition coefficient (Wildman–Crippen LogP) is 4.08. The number of hydrogen-bond acceptors (Lipinski definition) is 4. The molecule has 4 rings (SSSR count). The minimum absolute atomic E-state index is 0.0565. The number of nitrogens with two attached hydrogens (primary N) is 1. The third-order valence-corrected chi connectivity index (χ3v) is 7.95. The highest BCUT2D eigenvalue weighted by Gasteiger charge is 2.54. The highest BCUT2D eigenvalue weighted by atomic mass is 35.5. The van der Waals surface area contributed by atoms with E-state index in [9.17, 15) is 14.0 Å². The van der Waals surface area contributed by atoms with E-state index in [1.54, 1.807) is 31.5 Å². The normalized spacial score (nSPS) is 21.1. The maximum absolute atomic E-state index is 13.6. The van der Waals surface area contributed by atoms with Crippen LogP contribution in [-0.2, 0) is 29.6 Å². The molecule has 0 aliphatic carbocycles. The number of likely N-dealkylation sites (N-methyl/N-ethyl adjacent to an activating group) is 1. The summed E-state index contributed by atoms with van der Waals surface area (Å²) in [5.41, 5.74) is 7.28. The molecule has 0 bridgehead atoms. The quantitative estimate of drug-likeness (QED) is 0.456. The van der Waals surface area contributed by atoms with Crippen LogP contribution in [0.5, 0.6) is 0 Å². The average Bonchev–Trinajstić information content (AvgIpc) is 3.36. The van der Waals surface area contributed by atoms with E-state index in [1.165, 1.54) is 6.07 Å². The molecule has 0 radical (unpaired) electrons. The topological polar surface area (TPSA) is 93.2 Å². The van der Waals surface area contributed by atoms with Crippen LogP contribution in [-0.4, -0.2) is 44.9 Å². The van der Waals surface area contributed by atoms with Crippen molar-refractivity contribution in [3.05, 3.63) is 63.6 Å². The Labute approximate surface area is 219 Å². The molecule has 2 aromatic heterocycles. The van der Waals surface area contributed by atoms with Gasteiger partial charge < -0.3 is 15.6 Å². The monoisotopic (exact) mass is 533 g/mol. The minimum Gasteiger partial charge on any atom is -0.368 e. The van der Waals surface area contributed by atoms with Gasteiger partial charge in [0.05, 0.1) is 16.0 Å². The summed E-state index contributed by atoms with van der Waals surface area (Å²) < 4.78 is 15.4. The molecule has 1 fully saturated rings. The molecule has 3 aromatic rings. The van der Waals surface area contributed by atoms with Gasteiger partial charge >= 0.3 is 0 Å². The molecule has 1 saturated heterocycles. The van der Waals surface area contributed by atoms with E-state index in [-0.39, 0.29) is 23.4 Å². The molecule has 2 unspecified atom stereocenters. The van der Waals surface area contributed by atoms with Gasteiger partial charge in [-0.15, -0.1) is 0 Å². The molecule has 7 nitrogen and oxygen atoms in total. The van der Waals surface area contributed by atoms with E-state index >= 15 is 0 Å². The third kappa shape index (κ3) is 4.82. The molecule has 3 N–H and O–H groups in total. The number of aryl methyl sites for hydroxylation is 1. The lowest BCUT2D eigenvalue weighted by Crippen LogP contribution is -2.61. The maximum Gasteiger partial charge on any atom is 0.238 e. The van der Waals surface area contributed by atoms with Crippen molar-refractivity contribution in [1.29, 1.82) is 0 Å². The first-order valence-corrected chi connectivity index (χ1v) is 12.7. The van der Waals surface area contributed by atoms with Gasteiger partial charge in [-0.3, -0.25) is 14.5 Å². The number of aromatic nitrogens is 2. The molecule has 1 aliphatic heterocycles. The van der Waals surface area contributed by atoms with Crippen LogP contribution >= 0.6 is 23.2 Å². The summed E-state index contributed by atoms with van der Waals surface area (Å²) in [5.74, 6) is -1.89. The molecule has 1 aromatic carbocycles. The van der Waals surface area contributed by atoms with Crippen molar-refractivity contribution < 1.29 is 14.0 Å². The van der Waals surface area contributed by atoms with Crippen molar-refractivity contribution in [3.63, 3.8) is 0 Å². The lowest BCUT2D eigenvalue weighted by molar-refractivity contribution is -0.140. The molecular weight excluding hydrogens is 504 g/mol. The van der Waals surface area contributed by atoms with Crippen LogP contribution < -0.4 is 11.1 Å². The van der Waals surface area contributed by atoms with Gasteiger partial charge in [0.1, 0.15) is 17.0 Å². The Morgan fingerprint density at radius 2 is 2.03 bits per heavy atom. The summed E-state index contributed by atoms with van der Waals surface area (Å²) in [7, 11) is 1.87. The van der Waals surface area contributed by atoms with E-state index in [1.807, 2.05) is 29.5 Å². The molecule has 0 saturated carbocycles. The van der Waals surface area contributed by atoms with Gasteiger partial charge in [-0.05, 0) is 54.6 Å². The Morgan fingerprint density at radius 1 is 1.28 bits per heavy atom. The lowest BCUT2D eigenvalue weighted by Gasteiger charge is -2.39. The zero-order valence-corrected chi connectivity index (χ0v) is 22.0. The van der Waals surface area contributed by atoms with Crippen LogP contribution in [0.3, 0.4) is 0 Å². The number of pyridine rings is 1.